The van der Waals surface area contributed by atoms with E-state index in [2.05, 4.69) is 15.5 Å². The van der Waals surface area contributed by atoms with Gasteiger partial charge in [0.1, 0.15) is 23.4 Å². The quantitative estimate of drug-likeness (QED) is 0.464. The van der Waals surface area contributed by atoms with Gasteiger partial charge in [0.2, 0.25) is 5.91 Å². The van der Waals surface area contributed by atoms with Crippen molar-refractivity contribution in [1.29, 1.82) is 0 Å². The molecule has 30 heavy (non-hydrogen) atoms. The fourth-order valence-electron chi connectivity index (χ4n) is 3.03. The van der Waals surface area contributed by atoms with Crippen molar-refractivity contribution in [3.63, 3.8) is 0 Å². The van der Waals surface area contributed by atoms with Gasteiger partial charge in [0, 0.05) is 22.6 Å². The average molecular weight is 464 g/mol. The number of amides is 2. The van der Waals surface area contributed by atoms with Gasteiger partial charge >= 0.3 is 5.97 Å². The summed E-state index contributed by atoms with van der Waals surface area (Å²) in [4.78, 5) is 39.6. The molecule has 0 spiro atoms. The largest absolute Gasteiger partial charge is 0.477 e. The predicted molar refractivity (Wildman–Crippen MR) is 114 cm³/mol. The highest BCUT2D eigenvalue weighted by Crippen LogP contribution is 2.44. The number of carboxylic acids is 1. The van der Waals surface area contributed by atoms with E-state index in [1.807, 2.05) is 30.3 Å². The number of rotatable bonds is 7. The van der Waals surface area contributed by atoms with Crippen molar-refractivity contribution in [3.8, 4) is 0 Å². The molecule has 2 N–H and O–H groups in total. The Balaban J connectivity index is 1.43. The van der Waals surface area contributed by atoms with Gasteiger partial charge in [-0.1, -0.05) is 30.0 Å². The number of fused-ring (bicyclic) bond motifs is 1. The number of benzene rings is 1. The Hall–Kier alpha value is -2.44. The van der Waals surface area contributed by atoms with Gasteiger partial charge in [0.25, 0.3) is 5.91 Å². The molecular formula is C18H17N5O4S3. The first-order chi connectivity index (χ1) is 14.5. The first-order valence-electron chi connectivity index (χ1n) is 8.86. The number of hydrogen-bond donors (Lipinski definition) is 2. The maximum absolute atomic E-state index is 12.7. The Morgan fingerprint density at radius 3 is 2.77 bits per heavy atom. The molecule has 1 aromatic heterocycles. The van der Waals surface area contributed by atoms with Crippen molar-refractivity contribution in [2.45, 2.75) is 21.5 Å². The first-order valence-corrected chi connectivity index (χ1v) is 11.7. The van der Waals surface area contributed by atoms with Crippen molar-refractivity contribution < 1.29 is 19.5 Å². The number of thioether (sulfide) groups is 3. The van der Waals surface area contributed by atoms with Crippen LogP contribution in [0.5, 0.6) is 0 Å². The number of aryl methyl sites for hydroxylation is 1. The normalized spacial score (nSPS) is 20.6. The zero-order valence-corrected chi connectivity index (χ0v) is 18.2. The van der Waals surface area contributed by atoms with E-state index in [1.54, 1.807) is 11.6 Å². The summed E-state index contributed by atoms with van der Waals surface area (Å²) in [5.41, 5.74) is -0.0547. The SMILES string of the molecule is Cn1cnnc1SC1=C(C(=O)O)N2C(=O)[C@@H](NC(=O)CSc3ccccc3)[C@@H]2SC1. The second kappa shape index (κ2) is 8.74. The number of aliphatic carboxylic acids is 1. The lowest BCUT2D eigenvalue weighted by Gasteiger charge is -2.49. The topological polar surface area (TPSA) is 117 Å². The lowest BCUT2D eigenvalue weighted by atomic mass is 10.1. The molecule has 2 aliphatic heterocycles. The van der Waals surface area contributed by atoms with Gasteiger partial charge in [-0.05, 0) is 12.1 Å². The molecule has 0 aliphatic carbocycles. The fourth-order valence-corrected chi connectivity index (χ4v) is 6.17. The van der Waals surface area contributed by atoms with E-state index in [0.29, 0.717) is 15.8 Å². The Morgan fingerprint density at radius 2 is 2.10 bits per heavy atom. The van der Waals surface area contributed by atoms with Crippen LogP contribution < -0.4 is 5.32 Å². The van der Waals surface area contributed by atoms with Crippen LogP contribution in [0.25, 0.3) is 0 Å². The summed E-state index contributed by atoms with van der Waals surface area (Å²) in [7, 11) is 1.76. The van der Waals surface area contributed by atoms with Crippen molar-refractivity contribution in [1.82, 2.24) is 25.0 Å². The van der Waals surface area contributed by atoms with E-state index in [0.717, 1.165) is 4.90 Å². The minimum atomic E-state index is -1.18. The molecule has 2 atom stereocenters. The number of β-lactam (4-membered cyclic amide) rings is 1. The number of carbonyl (C=O) groups excluding carboxylic acids is 2. The van der Waals surface area contributed by atoms with Crippen molar-refractivity contribution >= 4 is 53.1 Å². The van der Waals surface area contributed by atoms with E-state index in [1.165, 1.54) is 46.5 Å². The van der Waals surface area contributed by atoms with Crippen LogP contribution in [0, 0.1) is 0 Å². The molecule has 1 fully saturated rings. The zero-order chi connectivity index (χ0) is 21.3. The molecule has 0 bridgehead atoms. The Bertz CT molecular complexity index is 1030. The Kier molecular flexibility index (Phi) is 6.06. The summed E-state index contributed by atoms with van der Waals surface area (Å²) in [6.45, 7) is 0. The van der Waals surface area contributed by atoms with E-state index < -0.39 is 23.3 Å². The molecule has 2 amide bonds. The van der Waals surface area contributed by atoms with Crippen LogP contribution in [-0.4, -0.2) is 65.5 Å². The van der Waals surface area contributed by atoms with Gasteiger partial charge in [0.15, 0.2) is 5.16 Å². The highest BCUT2D eigenvalue weighted by atomic mass is 32.2. The Labute approximate surface area is 184 Å². The van der Waals surface area contributed by atoms with E-state index in [-0.39, 0.29) is 17.4 Å². The molecule has 3 heterocycles. The van der Waals surface area contributed by atoms with Crippen molar-refractivity contribution in [3.05, 3.63) is 47.3 Å². The van der Waals surface area contributed by atoms with Crippen LogP contribution in [0.4, 0.5) is 0 Å². The fraction of sp³-hybridized carbons (Fsp3) is 0.278. The highest BCUT2D eigenvalue weighted by Gasteiger charge is 2.54. The van der Waals surface area contributed by atoms with Crippen LogP contribution in [-0.2, 0) is 21.4 Å². The number of carboxylic acid groups (broad SMARTS) is 1. The summed E-state index contributed by atoms with van der Waals surface area (Å²) >= 11 is 3.98. The predicted octanol–water partition coefficient (Wildman–Crippen LogP) is 1.40. The van der Waals surface area contributed by atoms with E-state index >= 15 is 0 Å². The van der Waals surface area contributed by atoms with Gasteiger partial charge in [-0.15, -0.1) is 33.7 Å². The third kappa shape index (κ3) is 4.07. The average Bonchev–Trinajstić information content (AvgIpc) is 3.15. The molecule has 9 nitrogen and oxygen atoms in total. The lowest BCUT2D eigenvalue weighted by molar-refractivity contribution is -0.150. The molecule has 12 heteroatoms. The molecule has 156 valence electrons. The molecule has 2 aromatic rings. The number of nitrogens with one attached hydrogen (secondary N) is 1. The van der Waals surface area contributed by atoms with Gasteiger partial charge < -0.3 is 15.0 Å². The van der Waals surface area contributed by atoms with Gasteiger partial charge in [-0.2, -0.15) is 0 Å². The van der Waals surface area contributed by atoms with Gasteiger partial charge in [-0.25, -0.2) is 4.79 Å². The first kappa shape index (κ1) is 20.8. The lowest BCUT2D eigenvalue weighted by Crippen LogP contribution is -2.70. The second-order valence-corrected chi connectivity index (χ2v) is 9.68. The maximum atomic E-state index is 12.7. The molecule has 0 unspecified atom stereocenters. The van der Waals surface area contributed by atoms with Crippen molar-refractivity contribution in [2.75, 3.05) is 11.5 Å². The molecule has 4 rings (SSSR count). The van der Waals surface area contributed by atoms with Crippen LogP contribution >= 0.6 is 35.3 Å². The molecule has 2 aliphatic rings. The summed E-state index contributed by atoms with van der Waals surface area (Å²) in [6.07, 6.45) is 1.52. The summed E-state index contributed by atoms with van der Waals surface area (Å²) < 4.78 is 1.68. The number of hydrogen-bond acceptors (Lipinski definition) is 8. The number of aromatic nitrogens is 3. The van der Waals surface area contributed by atoms with E-state index in [4.69, 9.17) is 0 Å². The van der Waals surface area contributed by atoms with Crippen LogP contribution in [0.3, 0.4) is 0 Å². The molecular weight excluding hydrogens is 446 g/mol. The highest BCUT2D eigenvalue weighted by molar-refractivity contribution is 8.06. The van der Waals surface area contributed by atoms with Gasteiger partial charge in [0.05, 0.1) is 5.75 Å². The third-order valence-corrected chi connectivity index (χ3v) is 8.06. The van der Waals surface area contributed by atoms with Crippen molar-refractivity contribution in [2.24, 2.45) is 7.05 Å². The molecule has 1 aromatic carbocycles. The van der Waals surface area contributed by atoms with Crippen LogP contribution in [0.1, 0.15) is 0 Å². The van der Waals surface area contributed by atoms with Gasteiger partial charge in [-0.3, -0.25) is 14.5 Å². The maximum Gasteiger partial charge on any atom is 0.353 e. The summed E-state index contributed by atoms with van der Waals surface area (Å²) in [6, 6.07) is 8.77. The number of nitrogens with zero attached hydrogens (tertiary/aromatic N) is 4. The monoisotopic (exact) mass is 463 g/mol. The zero-order valence-electron chi connectivity index (χ0n) is 15.7. The standard InChI is InChI=1S/C18H17N5O4S3/c1-22-9-19-21-18(22)30-11-7-29-16-13(15(25)23(16)14(11)17(26)27)20-12(24)8-28-10-5-3-2-4-6-10/h2-6,9,13,16H,7-8H2,1H3,(H,20,24)(H,26,27)/t13-,16+/m1/s1. The Morgan fingerprint density at radius 1 is 1.33 bits per heavy atom. The molecule has 0 saturated carbocycles. The summed E-state index contributed by atoms with van der Waals surface area (Å²) in [5, 5.41) is 20.3. The number of carbonyl (C=O) groups is 3. The van der Waals surface area contributed by atoms with E-state index in [9.17, 15) is 19.5 Å². The smallest absolute Gasteiger partial charge is 0.353 e. The summed E-state index contributed by atoms with van der Waals surface area (Å²) in [5.74, 6) is -1.28. The second-order valence-electron chi connectivity index (χ2n) is 6.46. The molecule has 0 radical (unpaired) electrons. The minimum Gasteiger partial charge on any atom is -0.477 e. The molecule has 1 saturated heterocycles. The minimum absolute atomic E-state index is 0.0547. The van der Waals surface area contributed by atoms with Crippen LogP contribution in [0.15, 0.2) is 57.3 Å². The third-order valence-electron chi connectivity index (χ3n) is 4.45. The van der Waals surface area contributed by atoms with Crippen LogP contribution in [0.2, 0.25) is 0 Å².